The minimum Gasteiger partial charge on any atom is -0.369 e. The molecule has 0 bridgehead atoms. The molecule has 2 atom stereocenters. The Labute approximate surface area is 121 Å². The highest BCUT2D eigenvalue weighted by Gasteiger charge is 2.23. The van der Waals surface area contributed by atoms with Gasteiger partial charge in [-0.2, -0.15) is 5.26 Å². The number of pyridine rings is 1. The van der Waals surface area contributed by atoms with E-state index in [-0.39, 0.29) is 0 Å². The van der Waals surface area contributed by atoms with Gasteiger partial charge in [0.05, 0.1) is 5.56 Å². The first-order valence-corrected chi connectivity index (χ1v) is 7.94. The van der Waals surface area contributed by atoms with E-state index in [2.05, 4.69) is 24.4 Å². The monoisotopic (exact) mass is 269 g/mol. The van der Waals surface area contributed by atoms with Gasteiger partial charge in [0.15, 0.2) is 0 Å². The van der Waals surface area contributed by atoms with E-state index in [4.69, 9.17) is 4.98 Å². The van der Waals surface area contributed by atoms with Gasteiger partial charge in [0.2, 0.25) is 0 Å². The van der Waals surface area contributed by atoms with Gasteiger partial charge in [-0.05, 0) is 55.6 Å². The molecule has 0 radical (unpaired) electrons. The van der Waals surface area contributed by atoms with Gasteiger partial charge in [-0.3, -0.25) is 0 Å². The molecule has 0 spiro atoms. The summed E-state index contributed by atoms with van der Waals surface area (Å²) in [5, 5.41) is 12.8. The highest BCUT2D eigenvalue weighted by molar-refractivity contribution is 5.54. The Bertz CT molecular complexity index is 530. The van der Waals surface area contributed by atoms with Crippen LogP contribution in [0.15, 0.2) is 6.07 Å². The van der Waals surface area contributed by atoms with Crippen LogP contribution < -0.4 is 5.32 Å². The lowest BCUT2D eigenvalue weighted by atomic mass is 9.94. The molecule has 3 heteroatoms. The molecule has 106 valence electrons. The van der Waals surface area contributed by atoms with Crippen molar-refractivity contribution >= 4 is 5.82 Å². The van der Waals surface area contributed by atoms with Crippen LogP contribution in [0.25, 0.3) is 0 Å². The zero-order valence-corrected chi connectivity index (χ0v) is 12.3. The van der Waals surface area contributed by atoms with Crippen molar-refractivity contribution in [2.24, 2.45) is 11.8 Å². The molecule has 2 aliphatic carbocycles. The molecule has 20 heavy (non-hydrogen) atoms. The first-order valence-electron chi connectivity index (χ1n) is 7.94. The molecule has 1 saturated carbocycles. The number of fused-ring (bicyclic) bond motifs is 1. The van der Waals surface area contributed by atoms with Gasteiger partial charge in [-0.15, -0.1) is 0 Å². The maximum Gasteiger partial charge on any atom is 0.144 e. The number of hydrogen-bond acceptors (Lipinski definition) is 3. The summed E-state index contributed by atoms with van der Waals surface area (Å²) in [6, 6.07) is 4.36. The predicted molar refractivity (Wildman–Crippen MR) is 80.6 cm³/mol. The van der Waals surface area contributed by atoms with Gasteiger partial charge < -0.3 is 5.32 Å². The Balaban J connectivity index is 1.76. The Kier molecular flexibility index (Phi) is 3.91. The van der Waals surface area contributed by atoms with E-state index < -0.39 is 0 Å². The summed E-state index contributed by atoms with van der Waals surface area (Å²) < 4.78 is 0. The molecule has 1 fully saturated rings. The van der Waals surface area contributed by atoms with E-state index >= 15 is 0 Å². The van der Waals surface area contributed by atoms with Crippen molar-refractivity contribution in [2.45, 2.75) is 51.9 Å². The minimum absolute atomic E-state index is 0.719. The molecule has 2 aliphatic rings. The maximum absolute atomic E-state index is 9.33. The lowest BCUT2D eigenvalue weighted by Gasteiger charge is -2.20. The molecule has 0 aromatic carbocycles. The third-order valence-electron chi connectivity index (χ3n) is 4.99. The fraction of sp³-hybridized carbons (Fsp3) is 0.647. The van der Waals surface area contributed by atoms with Crippen molar-refractivity contribution in [3.05, 3.63) is 22.9 Å². The third kappa shape index (κ3) is 2.65. The SMILES string of the molecule is CC1CCCC1CNc1nc2c(cc1C#N)CCCC2. The molecular weight excluding hydrogens is 246 g/mol. The summed E-state index contributed by atoms with van der Waals surface area (Å²) >= 11 is 0. The number of nitrogens with one attached hydrogen (secondary N) is 1. The number of nitrogens with zero attached hydrogens (tertiary/aromatic N) is 2. The number of aryl methyl sites for hydroxylation is 2. The maximum atomic E-state index is 9.33. The highest BCUT2D eigenvalue weighted by atomic mass is 15.0. The average molecular weight is 269 g/mol. The molecule has 2 unspecified atom stereocenters. The highest BCUT2D eigenvalue weighted by Crippen LogP contribution is 2.31. The van der Waals surface area contributed by atoms with Gasteiger partial charge in [-0.25, -0.2) is 4.98 Å². The number of anilines is 1. The van der Waals surface area contributed by atoms with Crippen LogP contribution >= 0.6 is 0 Å². The summed E-state index contributed by atoms with van der Waals surface area (Å²) in [5.74, 6) is 2.34. The zero-order valence-electron chi connectivity index (χ0n) is 12.3. The van der Waals surface area contributed by atoms with Gasteiger partial charge >= 0.3 is 0 Å². The van der Waals surface area contributed by atoms with E-state index in [9.17, 15) is 5.26 Å². The smallest absolute Gasteiger partial charge is 0.144 e. The number of nitriles is 1. The van der Waals surface area contributed by atoms with Gasteiger partial charge in [0.25, 0.3) is 0 Å². The quantitative estimate of drug-likeness (QED) is 0.910. The lowest BCUT2D eigenvalue weighted by Crippen LogP contribution is -2.18. The first-order chi connectivity index (χ1) is 9.78. The molecular formula is C17H23N3. The molecule has 3 rings (SSSR count). The van der Waals surface area contributed by atoms with Crippen LogP contribution in [0.4, 0.5) is 5.82 Å². The second-order valence-corrected chi connectivity index (χ2v) is 6.36. The number of rotatable bonds is 3. The van der Waals surface area contributed by atoms with Crippen molar-refractivity contribution in [3.8, 4) is 6.07 Å². The molecule has 1 N–H and O–H groups in total. The summed E-state index contributed by atoms with van der Waals surface area (Å²) in [6.07, 6.45) is 8.59. The first kappa shape index (κ1) is 13.4. The van der Waals surface area contributed by atoms with Crippen LogP contribution in [-0.2, 0) is 12.8 Å². The van der Waals surface area contributed by atoms with Gasteiger partial charge in [-0.1, -0.05) is 19.8 Å². The van der Waals surface area contributed by atoms with Crippen LogP contribution in [0, 0.1) is 23.2 Å². The standard InChI is InChI=1S/C17H23N3/c1-12-5-4-7-14(12)11-19-17-15(10-18)9-13-6-2-3-8-16(13)20-17/h9,12,14H,2-8,11H2,1H3,(H,19,20). The van der Waals surface area contributed by atoms with E-state index in [1.807, 2.05) is 0 Å². The summed E-state index contributed by atoms with van der Waals surface area (Å²) in [6.45, 7) is 3.30. The van der Waals surface area contributed by atoms with Crippen molar-refractivity contribution in [3.63, 3.8) is 0 Å². The lowest BCUT2D eigenvalue weighted by molar-refractivity contribution is 0.439. The van der Waals surface area contributed by atoms with E-state index in [0.717, 1.165) is 42.6 Å². The van der Waals surface area contributed by atoms with Crippen molar-refractivity contribution in [1.29, 1.82) is 5.26 Å². The van der Waals surface area contributed by atoms with Crippen LogP contribution in [-0.4, -0.2) is 11.5 Å². The number of aromatic nitrogens is 1. The largest absolute Gasteiger partial charge is 0.369 e. The second-order valence-electron chi connectivity index (χ2n) is 6.36. The Hall–Kier alpha value is -1.56. The normalized spacial score (nSPS) is 25.0. The van der Waals surface area contributed by atoms with Gasteiger partial charge in [0.1, 0.15) is 11.9 Å². The molecule has 1 heterocycles. The second kappa shape index (κ2) is 5.83. The van der Waals surface area contributed by atoms with Crippen LogP contribution in [0.1, 0.15) is 55.8 Å². The van der Waals surface area contributed by atoms with Crippen LogP contribution in [0.3, 0.4) is 0 Å². The minimum atomic E-state index is 0.719. The van der Waals surface area contributed by atoms with Crippen molar-refractivity contribution in [1.82, 2.24) is 4.98 Å². The van der Waals surface area contributed by atoms with E-state index in [1.165, 1.54) is 43.4 Å². The van der Waals surface area contributed by atoms with Crippen LogP contribution in [0.5, 0.6) is 0 Å². The average Bonchev–Trinajstić information content (AvgIpc) is 2.89. The molecule has 0 amide bonds. The third-order valence-corrected chi connectivity index (χ3v) is 4.99. The molecule has 1 aromatic heterocycles. The number of hydrogen-bond donors (Lipinski definition) is 1. The summed E-state index contributed by atoms with van der Waals surface area (Å²) in [5.41, 5.74) is 3.21. The molecule has 0 aliphatic heterocycles. The van der Waals surface area contributed by atoms with Gasteiger partial charge in [0, 0.05) is 12.2 Å². The molecule has 0 saturated heterocycles. The fourth-order valence-corrected chi connectivity index (χ4v) is 3.61. The fourth-order valence-electron chi connectivity index (χ4n) is 3.61. The van der Waals surface area contributed by atoms with Crippen LogP contribution in [0.2, 0.25) is 0 Å². The Morgan fingerprint density at radius 1 is 1.30 bits per heavy atom. The Morgan fingerprint density at radius 2 is 2.15 bits per heavy atom. The zero-order chi connectivity index (χ0) is 13.9. The van der Waals surface area contributed by atoms with E-state index in [0.29, 0.717) is 0 Å². The Morgan fingerprint density at radius 3 is 2.90 bits per heavy atom. The van der Waals surface area contributed by atoms with E-state index in [1.54, 1.807) is 0 Å². The van der Waals surface area contributed by atoms with Crippen molar-refractivity contribution < 1.29 is 0 Å². The summed E-state index contributed by atoms with van der Waals surface area (Å²) in [7, 11) is 0. The molecule has 1 aromatic rings. The predicted octanol–water partition coefficient (Wildman–Crippen LogP) is 3.68. The molecule has 3 nitrogen and oxygen atoms in total. The summed E-state index contributed by atoms with van der Waals surface area (Å²) in [4.78, 5) is 4.74. The van der Waals surface area contributed by atoms with Crippen molar-refractivity contribution in [2.75, 3.05) is 11.9 Å². The topological polar surface area (TPSA) is 48.7 Å².